The molecule has 2 aromatic rings. The van der Waals surface area contributed by atoms with Crippen molar-refractivity contribution in [3.05, 3.63) is 36.5 Å². The SMILES string of the molecule is CC[C@H]1CC(C)[P+]2(O)CCC([C@H](C)NSc3ccc4ncccc4c3)C2(C)CCCC2(C)CCCCC12. The van der Waals surface area contributed by atoms with Crippen LogP contribution in [0.3, 0.4) is 0 Å². The molecule has 0 radical (unpaired) electrons. The van der Waals surface area contributed by atoms with Gasteiger partial charge in [-0.25, -0.2) is 0 Å². The van der Waals surface area contributed by atoms with Crippen LogP contribution in [0.2, 0.25) is 0 Å². The Morgan fingerprint density at radius 3 is 2.76 bits per heavy atom. The lowest BCUT2D eigenvalue weighted by Gasteiger charge is -2.49. The van der Waals surface area contributed by atoms with Gasteiger partial charge in [0.2, 0.25) is 0 Å². The normalized spacial score (nSPS) is 39.6. The van der Waals surface area contributed by atoms with E-state index in [2.05, 4.69) is 68.6 Å². The number of benzene rings is 1. The summed E-state index contributed by atoms with van der Waals surface area (Å²) in [4.78, 5) is 18.3. The van der Waals surface area contributed by atoms with Crippen LogP contribution in [0.4, 0.5) is 0 Å². The molecular formula is C32H50N2OPS+. The first-order valence-electron chi connectivity index (χ1n) is 15.1. The van der Waals surface area contributed by atoms with Crippen molar-refractivity contribution in [3.63, 3.8) is 0 Å². The molecule has 1 aromatic carbocycles. The summed E-state index contributed by atoms with van der Waals surface area (Å²) in [7, 11) is -2.06. The van der Waals surface area contributed by atoms with Gasteiger partial charge < -0.3 is 0 Å². The van der Waals surface area contributed by atoms with Gasteiger partial charge in [-0.15, -0.1) is 0 Å². The minimum atomic E-state index is -2.06. The molecule has 204 valence electrons. The summed E-state index contributed by atoms with van der Waals surface area (Å²) >= 11 is 1.76. The van der Waals surface area contributed by atoms with Crippen LogP contribution in [0.25, 0.3) is 10.9 Å². The predicted molar refractivity (Wildman–Crippen MR) is 162 cm³/mol. The van der Waals surface area contributed by atoms with Crippen LogP contribution in [-0.2, 0) is 0 Å². The molecule has 1 saturated carbocycles. The summed E-state index contributed by atoms with van der Waals surface area (Å²) in [5.74, 6) is 2.16. The highest BCUT2D eigenvalue weighted by Gasteiger charge is 2.67. The standard InChI is InChI=1S/C32H50N2OPS/c1-6-25-21-23(2)36(35)20-15-28(32(36,5)18-10-17-31(4)16-8-7-12-29(25)31)24(3)34-37-27-13-14-30-26(22-27)11-9-19-33-30/h9,11,13-14,19,22-25,28-29,34-35H,6-8,10,12,15-18,20-21H2,1-5H3/q+1/t23?,24-,25-,28?,29?,31?,32?,36?/m0/s1. The molecule has 0 amide bonds. The Morgan fingerprint density at radius 1 is 1.14 bits per heavy atom. The van der Waals surface area contributed by atoms with Crippen molar-refractivity contribution in [2.45, 2.75) is 121 Å². The molecule has 2 saturated heterocycles. The van der Waals surface area contributed by atoms with E-state index in [-0.39, 0.29) is 5.16 Å². The number of hydrogen-bond donors (Lipinski definition) is 2. The van der Waals surface area contributed by atoms with Crippen LogP contribution in [0.5, 0.6) is 0 Å². The zero-order chi connectivity index (χ0) is 26.3. The van der Waals surface area contributed by atoms with E-state index in [4.69, 9.17) is 0 Å². The first kappa shape index (κ1) is 27.9. The number of rotatable bonds is 5. The number of aromatic nitrogens is 1. The van der Waals surface area contributed by atoms with E-state index in [1.165, 1.54) is 74.5 Å². The van der Waals surface area contributed by atoms with Crippen molar-refractivity contribution >= 4 is 30.3 Å². The summed E-state index contributed by atoms with van der Waals surface area (Å²) in [6.07, 6.45) is 16.1. The maximum atomic E-state index is 12.6. The van der Waals surface area contributed by atoms with Crippen LogP contribution >= 0.6 is 19.4 Å². The van der Waals surface area contributed by atoms with E-state index in [0.717, 1.165) is 23.5 Å². The zero-order valence-corrected chi connectivity index (χ0v) is 25.6. The van der Waals surface area contributed by atoms with Crippen molar-refractivity contribution in [2.75, 3.05) is 6.16 Å². The third kappa shape index (κ3) is 5.15. The molecule has 3 heterocycles. The van der Waals surface area contributed by atoms with Gasteiger partial charge in [-0.3, -0.25) is 14.6 Å². The van der Waals surface area contributed by atoms with Crippen LogP contribution < -0.4 is 4.72 Å². The zero-order valence-electron chi connectivity index (χ0n) is 23.9. The van der Waals surface area contributed by atoms with E-state index in [1.54, 1.807) is 11.9 Å². The van der Waals surface area contributed by atoms with Gasteiger partial charge in [-0.2, -0.15) is 0 Å². The smallest absolute Gasteiger partial charge is 0.150 e. The minimum absolute atomic E-state index is 0.0584. The van der Waals surface area contributed by atoms with Crippen LogP contribution in [0.1, 0.15) is 98.8 Å². The van der Waals surface area contributed by atoms with E-state index in [1.807, 2.05) is 12.3 Å². The lowest BCUT2D eigenvalue weighted by Crippen LogP contribution is -2.46. The minimum Gasteiger partial charge on any atom is -0.257 e. The summed E-state index contributed by atoms with van der Waals surface area (Å²) in [6, 6.07) is 11.1. The molecule has 3 fully saturated rings. The summed E-state index contributed by atoms with van der Waals surface area (Å²) in [5.41, 5.74) is 2.01. The first-order chi connectivity index (χ1) is 17.7. The van der Waals surface area contributed by atoms with Gasteiger partial charge in [-0.05, 0) is 119 Å². The van der Waals surface area contributed by atoms with Crippen molar-refractivity contribution in [1.29, 1.82) is 0 Å². The fourth-order valence-electron chi connectivity index (χ4n) is 9.06. The Hall–Kier alpha value is -0.670. The molecule has 5 rings (SSSR count). The predicted octanol–water partition coefficient (Wildman–Crippen LogP) is 9.11. The summed E-state index contributed by atoms with van der Waals surface area (Å²) < 4.78 is 3.84. The average molecular weight is 542 g/mol. The fraction of sp³-hybridized carbons (Fsp3) is 0.719. The van der Waals surface area contributed by atoms with Crippen molar-refractivity contribution in [2.24, 2.45) is 23.2 Å². The molecule has 1 aromatic heterocycles. The number of nitrogens with one attached hydrogen (secondary N) is 1. The van der Waals surface area contributed by atoms with Crippen LogP contribution in [0.15, 0.2) is 41.4 Å². The van der Waals surface area contributed by atoms with Gasteiger partial charge in [0.1, 0.15) is 5.16 Å². The molecule has 2 aliphatic heterocycles. The number of pyridine rings is 1. The maximum absolute atomic E-state index is 12.6. The van der Waals surface area contributed by atoms with E-state index in [0.29, 0.717) is 23.0 Å². The van der Waals surface area contributed by atoms with Gasteiger partial charge in [0.05, 0.1) is 17.3 Å². The Labute approximate surface area is 230 Å². The molecule has 0 spiro atoms. The number of hydrogen-bond acceptors (Lipinski definition) is 4. The second-order valence-electron chi connectivity index (χ2n) is 13.3. The van der Waals surface area contributed by atoms with Gasteiger partial charge >= 0.3 is 0 Å². The third-order valence-electron chi connectivity index (χ3n) is 11.3. The van der Waals surface area contributed by atoms with Gasteiger partial charge in [0, 0.05) is 28.4 Å². The molecule has 3 nitrogen and oxygen atoms in total. The summed E-state index contributed by atoms with van der Waals surface area (Å²) in [6.45, 7) is 12.4. The van der Waals surface area contributed by atoms with Crippen molar-refractivity contribution < 1.29 is 4.89 Å². The van der Waals surface area contributed by atoms with Gasteiger partial charge in [0.25, 0.3) is 0 Å². The Morgan fingerprint density at radius 2 is 1.95 bits per heavy atom. The number of nitrogens with zero attached hydrogens (tertiary/aromatic N) is 1. The van der Waals surface area contributed by atoms with Gasteiger partial charge in [-0.1, -0.05) is 39.2 Å². The highest BCUT2D eigenvalue weighted by molar-refractivity contribution is 7.97. The average Bonchev–Trinajstić information content (AvgIpc) is 3.17. The lowest BCUT2D eigenvalue weighted by molar-refractivity contribution is 0.0433. The van der Waals surface area contributed by atoms with Crippen molar-refractivity contribution in [3.8, 4) is 0 Å². The molecular weight excluding hydrogens is 491 g/mol. The second kappa shape index (κ2) is 11.1. The van der Waals surface area contributed by atoms with E-state index in [9.17, 15) is 4.89 Å². The second-order valence-corrected chi connectivity index (χ2v) is 18.2. The Kier molecular flexibility index (Phi) is 8.34. The molecule has 6 unspecified atom stereocenters. The molecule has 1 aliphatic carbocycles. The molecule has 0 bridgehead atoms. The quantitative estimate of drug-likeness (QED) is 0.293. The fourth-order valence-corrected chi connectivity index (χ4v) is 14.6. The van der Waals surface area contributed by atoms with E-state index >= 15 is 0 Å². The van der Waals surface area contributed by atoms with Crippen LogP contribution in [-0.4, -0.2) is 32.9 Å². The molecule has 2 N–H and O–H groups in total. The van der Waals surface area contributed by atoms with Crippen LogP contribution in [0, 0.1) is 23.2 Å². The molecule has 8 atom stereocenters. The molecule has 37 heavy (non-hydrogen) atoms. The van der Waals surface area contributed by atoms with E-state index < -0.39 is 7.49 Å². The monoisotopic (exact) mass is 541 g/mol. The molecule has 5 heteroatoms. The lowest BCUT2D eigenvalue weighted by atomic mass is 9.59. The third-order valence-corrected chi connectivity index (χ3v) is 17.2. The highest BCUT2D eigenvalue weighted by atomic mass is 32.2. The maximum Gasteiger partial charge on any atom is 0.150 e. The largest absolute Gasteiger partial charge is 0.257 e. The van der Waals surface area contributed by atoms with Gasteiger partial charge in [0.15, 0.2) is 7.49 Å². The summed E-state index contributed by atoms with van der Waals surface area (Å²) in [5, 5.41) is 1.25. The molecule has 3 aliphatic rings. The number of fused-ring (bicyclic) bond motifs is 3. The first-order valence-corrected chi connectivity index (χ1v) is 17.9. The topological polar surface area (TPSA) is 45.1 Å². The highest BCUT2D eigenvalue weighted by Crippen LogP contribution is 2.79. The Bertz CT molecular complexity index is 1080. The van der Waals surface area contributed by atoms with Crippen molar-refractivity contribution in [1.82, 2.24) is 9.71 Å². The Balaban J connectivity index is 1.35.